The van der Waals surface area contributed by atoms with Gasteiger partial charge >= 0.3 is 0 Å². The van der Waals surface area contributed by atoms with Gasteiger partial charge in [0.2, 0.25) is 11.8 Å². The molecule has 0 radical (unpaired) electrons. The number of benzene rings is 1. The van der Waals surface area contributed by atoms with Gasteiger partial charge in [0.15, 0.2) is 5.82 Å². The number of carbonyl (C=O) groups excluding carboxylic acids is 1. The van der Waals surface area contributed by atoms with Gasteiger partial charge in [-0.25, -0.2) is 0 Å². The summed E-state index contributed by atoms with van der Waals surface area (Å²) in [6.45, 7) is 6.26. The maximum atomic E-state index is 13.2. The molecule has 1 atom stereocenters. The van der Waals surface area contributed by atoms with Gasteiger partial charge in [0, 0.05) is 58.2 Å². The van der Waals surface area contributed by atoms with Crippen LogP contribution in [0.25, 0.3) is 0 Å². The quantitative estimate of drug-likeness (QED) is 0.596. The number of hydrogen-bond acceptors (Lipinski definition) is 8. The average Bonchev–Trinajstić information content (AvgIpc) is 3.36. The maximum Gasteiger partial charge on any atom is 0.225 e. The fourth-order valence-electron chi connectivity index (χ4n) is 4.86. The highest BCUT2D eigenvalue weighted by atomic mass is 16.5. The predicted molar refractivity (Wildman–Crippen MR) is 116 cm³/mol. The van der Waals surface area contributed by atoms with E-state index in [4.69, 9.17) is 19.1 Å². The molecule has 0 bridgehead atoms. The zero-order valence-corrected chi connectivity index (χ0v) is 18.6. The Bertz CT molecular complexity index is 896. The van der Waals surface area contributed by atoms with Crippen molar-refractivity contribution in [2.45, 2.75) is 32.7 Å². The van der Waals surface area contributed by atoms with E-state index in [2.05, 4.69) is 26.4 Å². The van der Waals surface area contributed by atoms with Crippen molar-refractivity contribution in [2.24, 2.45) is 11.3 Å². The molecular formula is C23H32N4O5. The van der Waals surface area contributed by atoms with Gasteiger partial charge in [0.1, 0.15) is 12.4 Å². The van der Waals surface area contributed by atoms with Crippen LogP contribution in [0.2, 0.25) is 0 Å². The van der Waals surface area contributed by atoms with E-state index in [1.54, 1.807) is 6.92 Å². The molecular weight excluding hydrogens is 412 g/mol. The van der Waals surface area contributed by atoms with E-state index in [1.165, 1.54) is 0 Å². The number of rotatable bonds is 9. The van der Waals surface area contributed by atoms with Crippen LogP contribution in [0.1, 0.15) is 30.1 Å². The average molecular weight is 445 g/mol. The standard InChI is InChI=1S/C23H32N4O5/c1-17-25-21(26-32-17)5-8-24-22(29)20-15-27(16-23(20)6-10-30-11-7-23)14-18-3-2-4-19(13-18)31-12-9-28/h2-4,13,20,28H,5-12,14-16H2,1H3,(H,24,29)/t20-/m1/s1. The summed E-state index contributed by atoms with van der Waals surface area (Å²) in [5.41, 5.74) is 1.08. The van der Waals surface area contributed by atoms with Crippen LogP contribution in [-0.4, -0.2) is 72.1 Å². The molecule has 4 rings (SSSR count). The molecule has 0 aliphatic carbocycles. The highest BCUT2D eigenvalue weighted by Gasteiger charge is 2.50. The van der Waals surface area contributed by atoms with Gasteiger partial charge in [-0.3, -0.25) is 9.69 Å². The van der Waals surface area contributed by atoms with Gasteiger partial charge < -0.3 is 24.4 Å². The van der Waals surface area contributed by atoms with Crippen molar-refractivity contribution in [3.05, 3.63) is 41.5 Å². The number of likely N-dealkylation sites (tertiary alicyclic amines) is 1. The van der Waals surface area contributed by atoms with Gasteiger partial charge in [-0.05, 0) is 30.5 Å². The SMILES string of the molecule is Cc1nc(CCNC(=O)[C@H]2CN(Cc3cccc(OCCO)c3)CC23CCOCC3)no1. The topological polar surface area (TPSA) is 110 Å². The number of aromatic nitrogens is 2. The second kappa shape index (κ2) is 10.4. The first-order valence-electron chi connectivity index (χ1n) is 11.3. The summed E-state index contributed by atoms with van der Waals surface area (Å²) in [4.78, 5) is 19.8. The first-order valence-corrected chi connectivity index (χ1v) is 11.3. The second-order valence-corrected chi connectivity index (χ2v) is 8.69. The molecule has 1 aromatic carbocycles. The van der Waals surface area contributed by atoms with Gasteiger partial charge in [0.25, 0.3) is 0 Å². The third-order valence-corrected chi connectivity index (χ3v) is 6.41. The molecule has 2 aromatic rings. The van der Waals surface area contributed by atoms with Crippen molar-refractivity contribution in [3.8, 4) is 5.75 Å². The highest BCUT2D eigenvalue weighted by Crippen LogP contribution is 2.44. The van der Waals surface area contributed by atoms with E-state index in [0.717, 1.165) is 43.8 Å². The van der Waals surface area contributed by atoms with E-state index in [9.17, 15) is 4.79 Å². The highest BCUT2D eigenvalue weighted by molar-refractivity contribution is 5.80. The Morgan fingerprint density at radius 3 is 2.97 bits per heavy atom. The molecule has 2 aliphatic rings. The Morgan fingerprint density at radius 2 is 2.22 bits per heavy atom. The fraction of sp³-hybridized carbons (Fsp3) is 0.609. The number of hydrogen-bond donors (Lipinski definition) is 2. The van der Waals surface area contributed by atoms with Crippen LogP contribution in [0, 0.1) is 18.3 Å². The molecule has 1 aromatic heterocycles. The van der Waals surface area contributed by atoms with Crippen LogP contribution in [0.4, 0.5) is 0 Å². The molecule has 32 heavy (non-hydrogen) atoms. The molecule has 3 heterocycles. The van der Waals surface area contributed by atoms with E-state index >= 15 is 0 Å². The van der Waals surface area contributed by atoms with E-state index < -0.39 is 0 Å². The van der Waals surface area contributed by atoms with Crippen molar-refractivity contribution >= 4 is 5.91 Å². The Morgan fingerprint density at radius 1 is 1.38 bits per heavy atom. The molecule has 9 nitrogen and oxygen atoms in total. The normalized spacial score (nSPS) is 20.5. The molecule has 174 valence electrons. The lowest BCUT2D eigenvalue weighted by molar-refractivity contribution is -0.129. The van der Waals surface area contributed by atoms with Crippen LogP contribution in [0.5, 0.6) is 5.75 Å². The monoisotopic (exact) mass is 444 g/mol. The smallest absolute Gasteiger partial charge is 0.225 e. The number of ether oxygens (including phenoxy) is 2. The molecule has 2 saturated heterocycles. The lowest BCUT2D eigenvalue weighted by atomic mass is 9.71. The molecule has 2 fully saturated rings. The van der Waals surface area contributed by atoms with Crippen LogP contribution in [0.15, 0.2) is 28.8 Å². The first-order chi connectivity index (χ1) is 15.6. The van der Waals surface area contributed by atoms with Crippen LogP contribution in [-0.2, 0) is 22.5 Å². The minimum atomic E-state index is -0.0766. The molecule has 2 aliphatic heterocycles. The van der Waals surface area contributed by atoms with E-state index in [1.807, 2.05) is 18.2 Å². The van der Waals surface area contributed by atoms with Gasteiger partial charge in [-0.1, -0.05) is 17.3 Å². The van der Waals surface area contributed by atoms with Crippen molar-refractivity contribution < 1.29 is 23.9 Å². The number of nitrogens with zero attached hydrogens (tertiary/aromatic N) is 3. The summed E-state index contributed by atoms with van der Waals surface area (Å²) in [6, 6.07) is 7.94. The number of aliphatic hydroxyl groups is 1. The lowest BCUT2D eigenvalue weighted by Crippen LogP contribution is -2.44. The minimum Gasteiger partial charge on any atom is -0.491 e. The Kier molecular flexibility index (Phi) is 7.39. The van der Waals surface area contributed by atoms with Crippen molar-refractivity contribution in [3.63, 3.8) is 0 Å². The summed E-state index contributed by atoms with van der Waals surface area (Å²) in [5.74, 6) is 1.91. The number of aliphatic hydroxyl groups excluding tert-OH is 1. The first kappa shape index (κ1) is 22.7. The van der Waals surface area contributed by atoms with E-state index in [0.29, 0.717) is 37.9 Å². The summed E-state index contributed by atoms with van der Waals surface area (Å²) in [7, 11) is 0. The Labute approximate surface area is 188 Å². The summed E-state index contributed by atoms with van der Waals surface area (Å²) < 4.78 is 16.2. The largest absolute Gasteiger partial charge is 0.491 e. The summed E-state index contributed by atoms with van der Waals surface area (Å²) >= 11 is 0. The van der Waals surface area contributed by atoms with Crippen LogP contribution >= 0.6 is 0 Å². The third kappa shape index (κ3) is 5.46. The fourth-order valence-corrected chi connectivity index (χ4v) is 4.86. The number of nitrogens with one attached hydrogen (secondary N) is 1. The Hall–Kier alpha value is -2.49. The minimum absolute atomic E-state index is 0.00986. The van der Waals surface area contributed by atoms with Crippen molar-refractivity contribution in [2.75, 3.05) is 46.1 Å². The summed E-state index contributed by atoms with van der Waals surface area (Å²) in [6.07, 6.45) is 2.34. The second-order valence-electron chi connectivity index (χ2n) is 8.69. The molecule has 9 heteroatoms. The third-order valence-electron chi connectivity index (χ3n) is 6.41. The van der Waals surface area contributed by atoms with Crippen LogP contribution < -0.4 is 10.1 Å². The van der Waals surface area contributed by atoms with Crippen molar-refractivity contribution in [1.29, 1.82) is 0 Å². The molecule has 1 amide bonds. The van der Waals surface area contributed by atoms with Crippen molar-refractivity contribution in [1.82, 2.24) is 20.4 Å². The van der Waals surface area contributed by atoms with Gasteiger partial charge in [0.05, 0.1) is 12.5 Å². The predicted octanol–water partition coefficient (Wildman–Crippen LogP) is 1.34. The molecule has 2 N–H and O–H groups in total. The maximum absolute atomic E-state index is 13.2. The lowest BCUT2D eigenvalue weighted by Gasteiger charge is -2.37. The zero-order chi connectivity index (χ0) is 22.4. The number of carbonyl (C=O) groups is 1. The number of aryl methyl sites for hydroxylation is 1. The molecule has 0 unspecified atom stereocenters. The van der Waals surface area contributed by atoms with E-state index in [-0.39, 0.29) is 30.5 Å². The van der Waals surface area contributed by atoms with Gasteiger partial charge in [-0.15, -0.1) is 0 Å². The summed E-state index contributed by atoms with van der Waals surface area (Å²) in [5, 5.41) is 16.0. The Balaban J connectivity index is 1.39. The zero-order valence-electron chi connectivity index (χ0n) is 18.6. The molecule has 1 spiro atoms. The molecule has 0 saturated carbocycles. The van der Waals surface area contributed by atoms with Crippen LogP contribution in [0.3, 0.4) is 0 Å². The number of amides is 1. The van der Waals surface area contributed by atoms with Gasteiger partial charge in [-0.2, -0.15) is 4.98 Å².